The largest absolute Gasteiger partial charge is 0.466 e. The molecule has 0 atom stereocenters. The molecule has 84 valence electrons. The van der Waals surface area contributed by atoms with Crippen LogP contribution in [0.25, 0.3) is 0 Å². The van der Waals surface area contributed by atoms with E-state index in [0.29, 0.717) is 18.6 Å². The van der Waals surface area contributed by atoms with Crippen LogP contribution in [0.4, 0.5) is 4.39 Å². The van der Waals surface area contributed by atoms with Gasteiger partial charge in [-0.15, -0.1) is 0 Å². The Bertz CT molecular complexity index is 424. The summed E-state index contributed by atoms with van der Waals surface area (Å²) in [4.78, 5) is 11.1. The molecule has 0 aromatic heterocycles. The minimum absolute atomic E-state index is 0.0138. The maximum absolute atomic E-state index is 13.2. The van der Waals surface area contributed by atoms with Gasteiger partial charge in [-0.3, -0.25) is 4.79 Å². The van der Waals surface area contributed by atoms with Crippen molar-refractivity contribution >= 4 is 5.97 Å². The third-order valence-electron chi connectivity index (χ3n) is 2.08. The number of halogens is 1. The van der Waals surface area contributed by atoms with Gasteiger partial charge >= 0.3 is 5.97 Å². The lowest BCUT2D eigenvalue weighted by molar-refractivity contribution is -0.143. The quantitative estimate of drug-likeness (QED) is 0.732. The van der Waals surface area contributed by atoms with Gasteiger partial charge in [0.25, 0.3) is 0 Å². The molecule has 0 bridgehead atoms. The average Bonchev–Trinajstić information content (AvgIpc) is 2.27. The second-order valence-electron chi connectivity index (χ2n) is 3.23. The van der Waals surface area contributed by atoms with Gasteiger partial charge in [0.1, 0.15) is 11.9 Å². The second kappa shape index (κ2) is 5.86. The second-order valence-corrected chi connectivity index (χ2v) is 3.23. The molecule has 1 aromatic rings. The van der Waals surface area contributed by atoms with Crippen LogP contribution in [0.1, 0.15) is 24.5 Å². The predicted octanol–water partition coefficient (Wildman–Crippen LogP) is 2.19. The van der Waals surface area contributed by atoms with Gasteiger partial charge in [0.05, 0.1) is 12.2 Å². The fourth-order valence-electron chi connectivity index (χ4n) is 1.28. The van der Waals surface area contributed by atoms with Crippen molar-refractivity contribution in [1.82, 2.24) is 0 Å². The number of hydrogen-bond acceptors (Lipinski definition) is 3. The monoisotopic (exact) mass is 221 g/mol. The minimum atomic E-state index is -0.552. The molecular formula is C12H12FNO2. The van der Waals surface area contributed by atoms with E-state index in [9.17, 15) is 9.18 Å². The highest BCUT2D eigenvalue weighted by molar-refractivity contribution is 5.69. The first-order valence-corrected chi connectivity index (χ1v) is 5.01. The summed E-state index contributed by atoms with van der Waals surface area (Å²) in [5, 5.41) is 8.53. The van der Waals surface area contributed by atoms with E-state index < -0.39 is 5.82 Å². The first-order chi connectivity index (χ1) is 7.67. The van der Waals surface area contributed by atoms with Gasteiger partial charge in [0.15, 0.2) is 0 Å². The lowest BCUT2D eigenvalue weighted by Crippen LogP contribution is -2.05. The summed E-state index contributed by atoms with van der Waals surface area (Å²) < 4.78 is 17.9. The summed E-state index contributed by atoms with van der Waals surface area (Å²) in [6.45, 7) is 2.08. The van der Waals surface area contributed by atoms with E-state index >= 15 is 0 Å². The zero-order valence-electron chi connectivity index (χ0n) is 9.00. The first kappa shape index (κ1) is 12.2. The van der Waals surface area contributed by atoms with Crippen LogP contribution >= 0.6 is 0 Å². The zero-order chi connectivity index (χ0) is 12.0. The van der Waals surface area contributed by atoms with E-state index in [1.807, 2.05) is 0 Å². The summed E-state index contributed by atoms with van der Waals surface area (Å²) in [7, 11) is 0. The summed E-state index contributed by atoms with van der Waals surface area (Å²) in [5.41, 5.74) is 0.699. The van der Waals surface area contributed by atoms with Crippen molar-refractivity contribution in [3.8, 4) is 6.07 Å². The number of esters is 1. The van der Waals surface area contributed by atoms with Crippen LogP contribution in [-0.2, 0) is 16.0 Å². The molecule has 0 aliphatic rings. The van der Waals surface area contributed by atoms with Crippen LogP contribution in [0, 0.1) is 17.1 Å². The number of nitrogens with zero attached hydrogens (tertiary/aromatic N) is 1. The number of aryl methyl sites for hydroxylation is 1. The van der Waals surface area contributed by atoms with E-state index in [2.05, 4.69) is 0 Å². The molecule has 16 heavy (non-hydrogen) atoms. The summed E-state index contributed by atoms with van der Waals surface area (Å²) in [6.07, 6.45) is 0.640. The summed E-state index contributed by atoms with van der Waals surface area (Å²) >= 11 is 0. The molecule has 0 unspecified atom stereocenters. The number of rotatable bonds is 4. The highest BCUT2D eigenvalue weighted by Crippen LogP contribution is 2.11. The van der Waals surface area contributed by atoms with E-state index in [-0.39, 0.29) is 18.0 Å². The number of carbonyl (C=O) groups is 1. The van der Waals surface area contributed by atoms with E-state index in [1.165, 1.54) is 12.1 Å². The number of ether oxygens (including phenoxy) is 1. The van der Waals surface area contributed by atoms with E-state index in [1.54, 1.807) is 19.1 Å². The Morgan fingerprint density at radius 3 is 2.88 bits per heavy atom. The molecule has 0 fully saturated rings. The molecule has 0 saturated heterocycles. The van der Waals surface area contributed by atoms with Crippen molar-refractivity contribution in [2.75, 3.05) is 6.61 Å². The number of benzene rings is 1. The first-order valence-electron chi connectivity index (χ1n) is 5.01. The highest BCUT2D eigenvalue weighted by atomic mass is 19.1. The van der Waals surface area contributed by atoms with Gasteiger partial charge in [-0.2, -0.15) is 5.26 Å². The third kappa shape index (κ3) is 3.35. The van der Waals surface area contributed by atoms with Crippen molar-refractivity contribution in [2.45, 2.75) is 19.8 Å². The predicted molar refractivity (Wildman–Crippen MR) is 56.1 cm³/mol. The number of nitriles is 1. The van der Waals surface area contributed by atoms with Gasteiger partial charge in [-0.25, -0.2) is 4.39 Å². The number of carbonyl (C=O) groups excluding carboxylic acids is 1. The molecule has 0 amide bonds. The Hall–Kier alpha value is -1.89. The smallest absolute Gasteiger partial charge is 0.306 e. The van der Waals surface area contributed by atoms with Crippen LogP contribution in [-0.4, -0.2) is 12.6 Å². The molecule has 1 rings (SSSR count). The normalized spacial score (nSPS) is 9.56. The summed E-state index contributed by atoms with van der Waals surface area (Å²) in [6, 6.07) is 6.07. The lowest BCUT2D eigenvalue weighted by Gasteiger charge is -2.02. The standard InChI is InChI=1S/C12H12FNO2/c1-2-16-12(15)6-4-9-3-5-10(8-14)11(13)7-9/h3,5,7H,2,4,6H2,1H3. The molecule has 0 aliphatic heterocycles. The van der Waals surface area contributed by atoms with Crippen LogP contribution in [0.3, 0.4) is 0 Å². The minimum Gasteiger partial charge on any atom is -0.466 e. The molecule has 0 heterocycles. The van der Waals surface area contributed by atoms with Crippen LogP contribution in [0.2, 0.25) is 0 Å². The third-order valence-corrected chi connectivity index (χ3v) is 2.08. The molecule has 0 N–H and O–H groups in total. The Kier molecular flexibility index (Phi) is 4.46. The van der Waals surface area contributed by atoms with Gasteiger partial charge in [-0.1, -0.05) is 6.07 Å². The van der Waals surface area contributed by atoms with E-state index in [0.717, 1.165) is 0 Å². The molecule has 0 radical (unpaired) electrons. The molecule has 0 aliphatic carbocycles. The summed E-state index contributed by atoms with van der Waals surface area (Å²) in [5.74, 6) is -0.851. The average molecular weight is 221 g/mol. The van der Waals surface area contributed by atoms with Crippen LogP contribution in [0.5, 0.6) is 0 Å². The number of hydrogen-bond donors (Lipinski definition) is 0. The fourth-order valence-corrected chi connectivity index (χ4v) is 1.28. The van der Waals surface area contributed by atoms with Crippen molar-refractivity contribution in [1.29, 1.82) is 5.26 Å². The topological polar surface area (TPSA) is 50.1 Å². The Labute approximate surface area is 93.5 Å². The van der Waals surface area contributed by atoms with Gasteiger partial charge in [0.2, 0.25) is 0 Å². The van der Waals surface area contributed by atoms with Gasteiger partial charge in [-0.05, 0) is 31.0 Å². The van der Waals surface area contributed by atoms with Crippen molar-refractivity contribution in [3.63, 3.8) is 0 Å². The van der Waals surface area contributed by atoms with Crippen LogP contribution in [0.15, 0.2) is 18.2 Å². The maximum Gasteiger partial charge on any atom is 0.306 e. The molecule has 3 nitrogen and oxygen atoms in total. The van der Waals surface area contributed by atoms with E-state index in [4.69, 9.17) is 10.00 Å². The van der Waals surface area contributed by atoms with Gasteiger partial charge < -0.3 is 4.74 Å². The fraction of sp³-hybridized carbons (Fsp3) is 0.333. The zero-order valence-corrected chi connectivity index (χ0v) is 9.00. The molecule has 0 spiro atoms. The molecule has 1 aromatic carbocycles. The maximum atomic E-state index is 13.2. The van der Waals surface area contributed by atoms with Crippen LogP contribution < -0.4 is 0 Å². The van der Waals surface area contributed by atoms with Crippen molar-refractivity contribution in [3.05, 3.63) is 35.1 Å². The molecule has 0 saturated carbocycles. The SMILES string of the molecule is CCOC(=O)CCc1ccc(C#N)c(F)c1. The Balaban J connectivity index is 2.59. The Morgan fingerprint density at radius 1 is 1.56 bits per heavy atom. The molecule has 4 heteroatoms. The van der Waals surface area contributed by atoms with Crippen molar-refractivity contribution in [2.24, 2.45) is 0 Å². The Morgan fingerprint density at radius 2 is 2.31 bits per heavy atom. The highest BCUT2D eigenvalue weighted by Gasteiger charge is 2.05. The lowest BCUT2D eigenvalue weighted by atomic mass is 10.1. The molecular weight excluding hydrogens is 209 g/mol. The van der Waals surface area contributed by atoms with Crippen molar-refractivity contribution < 1.29 is 13.9 Å². The van der Waals surface area contributed by atoms with Gasteiger partial charge in [0, 0.05) is 6.42 Å².